The molecule has 300 valence electrons. The number of benzene rings is 10. The van der Waals surface area contributed by atoms with Crippen LogP contribution in [0.2, 0.25) is 0 Å². The third-order valence-corrected chi connectivity index (χ3v) is 18.5. The fourth-order valence-corrected chi connectivity index (χ4v) is 16.4. The number of hydrogen-bond acceptors (Lipinski definition) is 0. The predicted octanol–water partition coefficient (Wildman–Crippen LogP) is 12.5. The van der Waals surface area contributed by atoms with E-state index in [2.05, 4.69) is 188 Å². The number of aromatic nitrogens is 1. The van der Waals surface area contributed by atoms with Gasteiger partial charge in [-0.1, -0.05) is 224 Å². The van der Waals surface area contributed by atoms with E-state index in [1.807, 2.05) is 12.1 Å². The summed E-state index contributed by atoms with van der Waals surface area (Å²) in [6.07, 6.45) is 0. The molecule has 1 nitrogen and oxygen atoms in total. The lowest BCUT2D eigenvalue weighted by molar-refractivity contribution is 0.752. The van der Waals surface area contributed by atoms with Gasteiger partial charge in [0.25, 0.3) is 0 Å². The Labute approximate surface area is 386 Å². The minimum atomic E-state index is -3.43. The molecule has 10 aromatic carbocycles. The van der Waals surface area contributed by atoms with E-state index in [-0.39, 0.29) is 51.9 Å². The van der Waals surface area contributed by atoms with Gasteiger partial charge in [-0.2, -0.15) is 0 Å². The molecule has 0 amide bonds. The third-order valence-electron chi connectivity index (χ3n) is 13.7. The zero-order chi connectivity index (χ0) is 49.2. The zero-order valence-electron chi connectivity index (χ0n) is 42.7. The van der Waals surface area contributed by atoms with E-state index < -0.39 is 38.2 Å². The summed E-state index contributed by atoms with van der Waals surface area (Å²) in [6.45, 7) is 0. The van der Waals surface area contributed by atoms with Crippen molar-refractivity contribution in [3.8, 4) is 27.9 Å². The standard InChI is InChI=1S/C62H43NSi/c1-5-21-42(22-6-1)44-39-45(43-23-7-2-8-24-43)41-48(40-44)64(46-25-9-3-10-26-46,47-27-11-4-12-28-47)58-38-20-34-54-59-51-31-13-14-32-52(51)62(61(54)58)60-53(59)33-19-37-57(60)63-55-35-17-15-29-49(55)50-30-16-18-36-56(50)63/h1-41,59,62H/i15D,16D,17D,18D,29D,30D,35D,36D. The van der Waals surface area contributed by atoms with Gasteiger partial charge in [-0.15, -0.1) is 0 Å². The number of hydrogen-bond donors (Lipinski definition) is 0. The van der Waals surface area contributed by atoms with Crippen LogP contribution in [-0.4, -0.2) is 12.6 Å². The highest BCUT2D eigenvalue weighted by Crippen LogP contribution is 2.57. The molecule has 64 heavy (non-hydrogen) atoms. The second-order valence-corrected chi connectivity index (χ2v) is 20.6. The summed E-state index contributed by atoms with van der Waals surface area (Å²) in [5.74, 6) is -0.645. The molecule has 0 radical (unpaired) electrons. The summed E-state index contributed by atoms with van der Waals surface area (Å²) in [4.78, 5) is 0. The van der Waals surface area contributed by atoms with E-state index >= 15 is 0 Å². The lowest BCUT2D eigenvalue weighted by atomic mass is 9.60. The fraction of sp³-hybridized carbons (Fsp3) is 0.0323. The summed E-state index contributed by atoms with van der Waals surface area (Å²) in [7, 11) is -3.43. The van der Waals surface area contributed by atoms with Crippen LogP contribution in [0.15, 0.2) is 249 Å². The van der Waals surface area contributed by atoms with Crippen LogP contribution in [0.5, 0.6) is 0 Å². The van der Waals surface area contributed by atoms with Crippen molar-refractivity contribution in [2.75, 3.05) is 0 Å². The highest BCUT2D eigenvalue weighted by molar-refractivity contribution is 7.20. The molecule has 14 rings (SSSR count). The average molecular weight is 838 g/mol. The van der Waals surface area contributed by atoms with E-state index in [1.54, 1.807) is 4.57 Å². The molecule has 0 fully saturated rings. The first-order valence-electron chi connectivity index (χ1n) is 25.8. The first-order chi connectivity index (χ1) is 35.1. The molecule has 1 heterocycles. The second kappa shape index (κ2) is 14.7. The molecule has 1 aromatic heterocycles. The van der Waals surface area contributed by atoms with E-state index in [1.165, 1.54) is 37.4 Å². The first-order valence-corrected chi connectivity index (χ1v) is 23.8. The monoisotopic (exact) mass is 837 g/mol. The Morgan fingerprint density at radius 3 is 1.38 bits per heavy atom. The Balaban J connectivity index is 1.19. The van der Waals surface area contributed by atoms with Crippen LogP contribution in [0.25, 0.3) is 49.7 Å². The van der Waals surface area contributed by atoms with Gasteiger partial charge in [0.05, 0.1) is 27.7 Å². The number of rotatable bonds is 7. The van der Waals surface area contributed by atoms with Crippen LogP contribution < -0.4 is 20.7 Å². The molecule has 2 heteroatoms. The molecule has 2 unspecified atom stereocenters. The van der Waals surface area contributed by atoms with Crippen molar-refractivity contribution < 1.29 is 11.0 Å². The Bertz CT molecular complexity index is 3850. The Kier molecular flexibility index (Phi) is 6.76. The Hall–Kier alpha value is -7.78. The molecule has 0 spiro atoms. The van der Waals surface area contributed by atoms with E-state index in [0.717, 1.165) is 38.9 Å². The lowest BCUT2D eigenvalue weighted by Crippen LogP contribution is -2.75. The Morgan fingerprint density at radius 1 is 0.359 bits per heavy atom. The third kappa shape index (κ3) is 5.36. The van der Waals surface area contributed by atoms with Crippen LogP contribution >= 0.6 is 0 Å². The van der Waals surface area contributed by atoms with Gasteiger partial charge in [-0.25, -0.2) is 0 Å². The maximum Gasteiger partial charge on any atom is 0.179 e. The second-order valence-electron chi connectivity index (χ2n) is 16.9. The first kappa shape index (κ1) is 29.5. The highest BCUT2D eigenvalue weighted by Gasteiger charge is 2.50. The number of nitrogens with zero attached hydrogens (tertiary/aromatic N) is 1. The maximum absolute atomic E-state index is 9.51. The molecule has 2 bridgehead atoms. The molecule has 0 N–H and O–H groups in total. The molecule has 0 saturated heterocycles. The van der Waals surface area contributed by atoms with Crippen molar-refractivity contribution in [2.45, 2.75) is 11.8 Å². The van der Waals surface area contributed by atoms with Crippen LogP contribution in [0.3, 0.4) is 0 Å². The van der Waals surface area contributed by atoms with Crippen molar-refractivity contribution in [1.82, 2.24) is 4.57 Å². The van der Waals surface area contributed by atoms with Gasteiger partial charge in [0.15, 0.2) is 8.07 Å². The molecular formula is C62H43NSi. The van der Waals surface area contributed by atoms with Gasteiger partial charge in [0.2, 0.25) is 0 Å². The average Bonchev–Trinajstić information content (AvgIpc) is 3.80. The van der Waals surface area contributed by atoms with Crippen molar-refractivity contribution in [2.24, 2.45) is 0 Å². The normalized spacial score (nSPS) is 16.6. The SMILES string of the molecule is [2H]c1c([2H])c([2H])c2c(c1[2H])c1c([2H])c([2H])c([2H])c([2H])c1n2-c1cccc2c1C1c3ccccc3C2c2cccc([Si](c3ccccc3)(c3ccccc3)c3cc(-c4ccccc4)cc(-c4ccccc4)c3)c21. The van der Waals surface area contributed by atoms with E-state index in [4.69, 9.17) is 5.48 Å². The molecule has 11 aromatic rings. The van der Waals surface area contributed by atoms with E-state index in [0.29, 0.717) is 5.69 Å². The summed E-state index contributed by atoms with van der Waals surface area (Å²) in [6, 6.07) is 68.7. The van der Waals surface area contributed by atoms with Crippen LogP contribution in [0.4, 0.5) is 0 Å². The van der Waals surface area contributed by atoms with Gasteiger partial charge in [0.1, 0.15) is 0 Å². The molecule has 0 aliphatic heterocycles. The van der Waals surface area contributed by atoms with E-state index in [9.17, 15) is 5.48 Å². The largest absolute Gasteiger partial charge is 0.309 e. The minimum absolute atomic E-state index is 0.0650. The quantitative estimate of drug-likeness (QED) is 0.111. The van der Waals surface area contributed by atoms with Crippen molar-refractivity contribution in [3.63, 3.8) is 0 Å². The number of para-hydroxylation sites is 2. The van der Waals surface area contributed by atoms with Crippen LogP contribution in [0.1, 0.15) is 56.2 Å². The van der Waals surface area contributed by atoms with Crippen molar-refractivity contribution >= 4 is 50.6 Å². The summed E-state index contributed by atoms with van der Waals surface area (Å²) >= 11 is 0. The number of fused-ring (bicyclic) bond motifs is 3. The molecular weight excluding hydrogens is 787 g/mol. The van der Waals surface area contributed by atoms with Crippen molar-refractivity contribution in [3.05, 3.63) is 282 Å². The van der Waals surface area contributed by atoms with Crippen LogP contribution in [-0.2, 0) is 0 Å². The predicted molar refractivity (Wildman–Crippen MR) is 270 cm³/mol. The molecule has 3 aliphatic carbocycles. The van der Waals surface area contributed by atoms with Crippen LogP contribution in [0, 0.1) is 0 Å². The van der Waals surface area contributed by atoms with Gasteiger partial charge >= 0.3 is 0 Å². The minimum Gasteiger partial charge on any atom is -0.309 e. The van der Waals surface area contributed by atoms with Crippen molar-refractivity contribution in [1.29, 1.82) is 0 Å². The molecule has 2 atom stereocenters. The zero-order valence-corrected chi connectivity index (χ0v) is 35.7. The summed E-state index contributed by atoms with van der Waals surface area (Å²) in [5.41, 5.74) is 12.0. The van der Waals surface area contributed by atoms with Gasteiger partial charge in [-0.3, -0.25) is 0 Å². The van der Waals surface area contributed by atoms with Gasteiger partial charge in [0, 0.05) is 22.6 Å². The highest BCUT2D eigenvalue weighted by atomic mass is 28.3. The van der Waals surface area contributed by atoms with Gasteiger partial charge in [-0.05, 0) is 101 Å². The smallest absolute Gasteiger partial charge is 0.179 e. The summed E-state index contributed by atoms with van der Waals surface area (Å²) < 4.78 is 74.8. The topological polar surface area (TPSA) is 4.93 Å². The lowest BCUT2D eigenvalue weighted by Gasteiger charge is -2.47. The fourth-order valence-electron chi connectivity index (χ4n) is 11.3. The van der Waals surface area contributed by atoms with Gasteiger partial charge < -0.3 is 4.57 Å². The Morgan fingerprint density at radius 2 is 0.812 bits per heavy atom. The molecule has 3 aliphatic rings. The maximum atomic E-state index is 9.51. The molecule has 0 saturated carbocycles. The summed E-state index contributed by atoms with van der Waals surface area (Å²) in [5, 5.41) is 4.99.